The van der Waals surface area contributed by atoms with E-state index in [1.54, 1.807) is 48.5 Å². The van der Waals surface area contributed by atoms with Crippen LogP contribution in [0.3, 0.4) is 0 Å². The monoisotopic (exact) mass is 622 g/mol. The van der Waals surface area contributed by atoms with Crippen LogP contribution >= 0.6 is 11.6 Å². The molecule has 10 nitrogen and oxygen atoms in total. The number of nitrogens with zero attached hydrogens (tertiary/aromatic N) is 4. The predicted octanol–water partition coefficient (Wildman–Crippen LogP) is 6.18. The molecule has 5 rings (SSSR count). The van der Waals surface area contributed by atoms with Crippen molar-refractivity contribution >= 4 is 45.5 Å². The lowest BCUT2D eigenvalue weighted by atomic mass is 10.1. The molecule has 2 heterocycles. The molecule has 0 saturated carbocycles. The van der Waals surface area contributed by atoms with Gasteiger partial charge in [-0.1, -0.05) is 35.9 Å². The molecule has 0 aliphatic carbocycles. The molecule has 45 heavy (non-hydrogen) atoms. The van der Waals surface area contributed by atoms with Gasteiger partial charge in [-0.25, -0.2) is 0 Å². The van der Waals surface area contributed by atoms with Crippen molar-refractivity contribution in [1.82, 2.24) is 9.88 Å². The fraction of sp³-hybridized carbons (Fsp3) is 0.235. The van der Waals surface area contributed by atoms with Crippen molar-refractivity contribution in [2.45, 2.75) is 19.1 Å². The van der Waals surface area contributed by atoms with E-state index in [0.717, 1.165) is 12.0 Å². The Morgan fingerprint density at radius 3 is 2.64 bits per heavy atom. The molecule has 1 aromatic heterocycles. The van der Waals surface area contributed by atoms with E-state index in [4.69, 9.17) is 25.8 Å². The summed E-state index contributed by atoms with van der Waals surface area (Å²) in [6.07, 6.45) is 5.26. The van der Waals surface area contributed by atoms with Crippen LogP contribution in [-0.4, -0.2) is 55.7 Å². The van der Waals surface area contributed by atoms with Crippen molar-refractivity contribution in [3.05, 3.63) is 94.7 Å². The number of carbonyl (C=O) groups is 1. The molecule has 1 amide bonds. The number of carbonyl (C=O) groups excluding carboxylic acids is 1. The summed E-state index contributed by atoms with van der Waals surface area (Å²) in [7, 11) is 3.83. The van der Waals surface area contributed by atoms with Gasteiger partial charge in [-0.05, 0) is 50.5 Å². The SMILES string of the molecule is CN(C)C/C=C/C(=O)Nc1c(OC2CCOC2)ccc2c(Nc3ccc(OCc4ccccc4C#N)c(Cl)c3)c(C#N)cnc12. The van der Waals surface area contributed by atoms with E-state index in [1.165, 1.54) is 12.3 Å². The first-order valence-corrected chi connectivity index (χ1v) is 14.6. The van der Waals surface area contributed by atoms with Crippen molar-refractivity contribution in [2.24, 2.45) is 0 Å². The van der Waals surface area contributed by atoms with Crippen molar-refractivity contribution in [2.75, 3.05) is 44.5 Å². The number of hydrogen-bond acceptors (Lipinski definition) is 9. The van der Waals surface area contributed by atoms with Crippen molar-refractivity contribution in [3.8, 4) is 23.6 Å². The van der Waals surface area contributed by atoms with Gasteiger partial charge in [0.05, 0.1) is 46.6 Å². The number of nitrogens with one attached hydrogen (secondary N) is 2. The Bertz CT molecular complexity index is 1820. The van der Waals surface area contributed by atoms with E-state index in [0.29, 0.717) is 75.4 Å². The van der Waals surface area contributed by atoms with Gasteiger partial charge in [0.15, 0.2) is 0 Å². The zero-order valence-corrected chi connectivity index (χ0v) is 25.6. The summed E-state index contributed by atoms with van der Waals surface area (Å²) >= 11 is 6.58. The van der Waals surface area contributed by atoms with E-state index in [2.05, 4.69) is 27.8 Å². The lowest BCUT2D eigenvalue weighted by Gasteiger charge is -2.19. The Labute approximate surface area is 266 Å². The van der Waals surface area contributed by atoms with Crippen LogP contribution in [0.25, 0.3) is 10.9 Å². The number of nitriles is 2. The first-order chi connectivity index (χ1) is 21.9. The van der Waals surface area contributed by atoms with E-state index in [9.17, 15) is 15.3 Å². The van der Waals surface area contributed by atoms with E-state index < -0.39 is 0 Å². The van der Waals surface area contributed by atoms with E-state index in [1.807, 2.05) is 31.1 Å². The lowest BCUT2D eigenvalue weighted by molar-refractivity contribution is -0.111. The standard InChI is InChI=1S/C34H31ClN6O4/c1-41(2)14-5-8-31(42)40-34-30(45-26-13-15-43-21-26)12-10-27-32(24(18-37)19-38-33(27)34)39-25-9-11-29(28(35)16-25)44-20-23-7-4-3-6-22(23)17-36/h3-12,16,19,26H,13-15,20-21H2,1-2H3,(H,38,39)(H,40,42)/b8-5+. The molecule has 1 unspecified atom stereocenters. The average molecular weight is 623 g/mol. The number of rotatable bonds is 11. The highest BCUT2D eigenvalue weighted by Crippen LogP contribution is 2.39. The minimum atomic E-state index is -0.336. The lowest BCUT2D eigenvalue weighted by Crippen LogP contribution is -2.18. The summed E-state index contributed by atoms with van der Waals surface area (Å²) in [5.74, 6) is 0.565. The maximum atomic E-state index is 12.9. The molecule has 1 atom stereocenters. The number of fused-ring (bicyclic) bond motifs is 1. The summed E-state index contributed by atoms with van der Waals surface area (Å²) < 4.78 is 17.6. The number of benzene rings is 3. The molecular formula is C34H31ClN6O4. The highest BCUT2D eigenvalue weighted by atomic mass is 35.5. The second kappa shape index (κ2) is 14.6. The Balaban J connectivity index is 1.46. The third kappa shape index (κ3) is 7.69. The number of pyridine rings is 1. The number of amides is 1. The summed E-state index contributed by atoms with van der Waals surface area (Å²) in [6, 6.07) is 20.3. The minimum Gasteiger partial charge on any atom is -0.487 e. The molecule has 1 fully saturated rings. The smallest absolute Gasteiger partial charge is 0.248 e. The van der Waals surface area contributed by atoms with Gasteiger partial charge >= 0.3 is 0 Å². The van der Waals surface area contributed by atoms with Gasteiger partial charge in [0.2, 0.25) is 5.91 Å². The number of halogens is 1. The molecule has 11 heteroatoms. The first-order valence-electron chi connectivity index (χ1n) is 14.3. The number of aromatic nitrogens is 1. The zero-order chi connectivity index (χ0) is 31.8. The van der Waals surface area contributed by atoms with Crippen LogP contribution in [0.1, 0.15) is 23.1 Å². The molecule has 1 saturated heterocycles. The second-order valence-electron chi connectivity index (χ2n) is 10.6. The zero-order valence-electron chi connectivity index (χ0n) is 24.8. The predicted molar refractivity (Wildman–Crippen MR) is 173 cm³/mol. The van der Waals surface area contributed by atoms with Crippen molar-refractivity contribution in [3.63, 3.8) is 0 Å². The van der Waals surface area contributed by atoms with Crippen LogP contribution in [-0.2, 0) is 16.1 Å². The van der Waals surface area contributed by atoms with Crippen LogP contribution in [0.2, 0.25) is 5.02 Å². The number of anilines is 3. The van der Waals surface area contributed by atoms with Gasteiger partial charge in [-0.2, -0.15) is 10.5 Å². The molecular weight excluding hydrogens is 592 g/mol. The molecule has 2 N–H and O–H groups in total. The van der Waals surface area contributed by atoms with Crippen molar-refractivity contribution < 1.29 is 19.0 Å². The fourth-order valence-corrected chi connectivity index (χ4v) is 4.99. The topological polar surface area (TPSA) is 133 Å². The van der Waals surface area contributed by atoms with Gasteiger partial charge in [-0.3, -0.25) is 9.78 Å². The molecule has 0 radical (unpaired) electrons. The number of hydrogen-bond donors (Lipinski definition) is 2. The van der Waals surface area contributed by atoms with E-state index in [-0.39, 0.29) is 18.6 Å². The van der Waals surface area contributed by atoms with Crippen molar-refractivity contribution in [1.29, 1.82) is 10.5 Å². The third-order valence-corrected chi connectivity index (χ3v) is 7.31. The van der Waals surface area contributed by atoms with Gasteiger partial charge in [-0.15, -0.1) is 0 Å². The van der Waals surface area contributed by atoms with Gasteiger partial charge in [0, 0.05) is 41.9 Å². The Kier molecular flexibility index (Phi) is 10.1. The van der Waals surface area contributed by atoms with Gasteiger partial charge in [0.25, 0.3) is 0 Å². The molecule has 0 bridgehead atoms. The van der Waals surface area contributed by atoms with Crippen LogP contribution in [0.4, 0.5) is 17.1 Å². The maximum absolute atomic E-state index is 12.9. The summed E-state index contributed by atoms with van der Waals surface area (Å²) in [5, 5.41) is 26.5. The van der Waals surface area contributed by atoms with Crippen LogP contribution < -0.4 is 20.1 Å². The molecule has 1 aliphatic rings. The normalized spacial score (nSPS) is 14.3. The summed E-state index contributed by atoms with van der Waals surface area (Å²) in [6.45, 7) is 1.83. The van der Waals surface area contributed by atoms with Crippen LogP contribution in [0.5, 0.6) is 11.5 Å². The Morgan fingerprint density at radius 1 is 1.11 bits per heavy atom. The molecule has 228 valence electrons. The highest BCUT2D eigenvalue weighted by molar-refractivity contribution is 6.32. The first kappa shape index (κ1) is 31.3. The summed E-state index contributed by atoms with van der Waals surface area (Å²) in [5.41, 5.74) is 3.52. The summed E-state index contributed by atoms with van der Waals surface area (Å²) in [4.78, 5) is 19.4. The molecule has 1 aliphatic heterocycles. The van der Waals surface area contributed by atoms with E-state index >= 15 is 0 Å². The number of likely N-dealkylation sites (N-methyl/N-ethyl adjacent to an activating group) is 1. The largest absolute Gasteiger partial charge is 0.487 e. The second-order valence-corrected chi connectivity index (χ2v) is 11.0. The third-order valence-electron chi connectivity index (χ3n) is 7.01. The minimum absolute atomic E-state index is 0.158. The number of ether oxygens (including phenoxy) is 3. The van der Waals surface area contributed by atoms with Crippen LogP contribution in [0.15, 0.2) is 72.9 Å². The molecule has 3 aromatic carbocycles. The highest BCUT2D eigenvalue weighted by Gasteiger charge is 2.22. The fourth-order valence-electron chi connectivity index (χ4n) is 4.76. The molecule has 4 aromatic rings. The quantitative estimate of drug-likeness (QED) is 0.188. The van der Waals surface area contributed by atoms with Gasteiger partial charge < -0.3 is 29.7 Å². The van der Waals surface area contributed by atoms with Crippen LogP contribution in [0, 0.1) is 22.7 Å². The maximum Gasteiger partial charge on any atom is 0.248 e. The Morgan fingerprint density at radius 2 is 1.91 bits per heavy atom. The molecule has 0 spiro atoms. The average Bonchev–Trinajstić information content (AvgIpc) is 3.55. The van der Waals surface area contributed by atoms with Gasteiger partial charge in [0.1, 0.15) is 36.0 Å². The Hall–Kier alpha value is -5.13.